The second kappa shape index (κ2) is 3.66. The number of nitrogens with one attached hydrogen (secondary N) is 1. The number of benzene rings is 1. The molecular formula is C7H9N3O5S2. The molecular weight excluding hydrogens is 270 g/mol. The summed E-state index contributed by atoms with van der Waals surface area (Å²) in [5.74, 6) is 0. The van der Waals surface area contributed by atoms with Crippen LogP contribution in [-0.4, -0.2) is 32.0 Å². The third-order valence-electron chi connectivity index (χ3n) is 2.02. The van der Waals surface area contributed by atoms with Gasteiger partial charge in [0.2, 0.25) is 15.2 Å². The second-order valence-corrected chi connectivity index (χ2v) is 6.27. The fraction of sp³-hybridized carbons (Fsp3) is 0. The fourth-order valence-electron chi connectivity index (χ4n) is 1.27. The summed E-state index contributed by atoms with van der Waals surface area (Å²) in [5, 5.41) is 4.50. The van der Waals surface area contributed by atoms with Crippen molar-refractivity contribution in [2.45, 2.75) is 10.1 Å². The lowest BCUT2D eigenvalue weighted by Crippen LogP contribution is -2.11. The minimum Gasteiger partial charge on any atom is -0.329 e. The second-order valence-electron chi connectivity index (χ2n) is 3.28. The quantitative estimate of drug-likeness (QED) is 0.548. The maximum absolute atomic E-state index is 11.1. The van der Waals surface area contributed by atoms with Gasteiger partial charge >= 0.3 is 0 Å². The molecule has 1 aromatic carbocycles. The number of imidazole rings is 1. The van der Waals surface area contributed by atoms with Crippen molar-refractivity contribution < 1.29 is 22.1 Å². The number of aromatic amines is 1. The highest BCUT2D eigenvalue weighted by Crippen LogP contribution is 2.41. The number of aromatic nitrogens is 2. The Morgan fingerprint density at radius 3 is 2.41 bits per heavy atom. The van der Waals surface area contributed by atoms with Crippen LogP contribution in [-0.2, 0) is 10.0 Å². The predicted molar refractivity (Wildman–Crippen MR) is 61.2 cm³/mol. The lowest BCUT2D eigenvalue weighted by atomic mass is 10.3. The standard InChI is InChI=1S/C7H9N3O5S2/c8-16(11,12)4-1-2-5-6(3-4)10-7(9-5)17(13,14)15/h1-3,13-15H,(H,9,10)(H2,8,11,12). The Kier molecular flexibility index (Phi) is 2.65. The number of hydrogen-bond acceptors (Lipinski definition) is 6. The Balaban J connectivity index is 2.64. The lowest BCUT2D eigenvalue weighted by Gasteiger charge is -2.14. The smallest absolute Gasteiger partial charge is 0.238 e. The minimum atomic E-state index is -3.96. The summed E-state index contributed by atoms with van der Waals surface area (Å²) < 4.78 is 49.1. The first-order chi connectivity index (χ1) is 7.68. The molecule has 10 heteroatoms. The third kappa shape index (κ3) is 2.41. The molecule has 0 aliphatic carbocycles. The van der Waals surface area contributed by atoms with Gasteiger partial charge in [0, 0.05) is 0 Å². The highest BCUT2D eigenvalue weighted by Gasteiger charge is 2.21. The molecule has 0 atom stereocenters. The predicted octanol–water partition coefficient (Wildman–Crippen LogP) is 0.793. The fourth-order valence-corrected chi connectivity index (χ4v) is 2.28. The number of hydrogen-bond donors (Lipinski definition) is 5. The molecule has 2 aromatic rings. The van der Waals surface area contributed by atoms with Crippen molar-refractivity contribution in [2.75, 3.05) is 0 Å². The molecule has 8 nitrogen and oxygen atoms in total. The Morgan fingerprint density at radius 2 is 1.88 bits per heavy atom. The van der Waals surface area contributed by atoms with Gasteiger partial charge in [0.25, 0.3) is 0 Å². The topological polar surface area (TPSA) is 150 Å². The van der Waals surface area contributed by atoms with Crippen LogP contribution in [0.15, 0.2) is 28.3 Å². The maximum Gasteiger partial charge on any atom is 0.238 e. The van der Waals surface area contributed by atoms with Crippen LogP contribution in [0.3, 0.4) is 0 Å². The Bertz CT molecular complexity index is 672. The summed E-state index contributed by atoms with van der Waals surface area (Å²) in [5.41, 5.74) is 0.502. The number of H-pyrrole nitrogens is 1. The number of primary sulfonamides is 1. The monoisotopic (exact) mass is 279 g/mol. The van der Waals surface area contributed by atoms with Crippen LogP contribution in [0.1, 0.15) is 0 Å². The Labute approximate surface area is 97.7 Å². The summed E-state index contributed by atoms with van der Waals surface area (Å²) in [7, 11) is -7.81. The van der Waals surface area contributed by atoms with E-state index in [9.17, 15) is 8.42 Å². The van der Waals surface area contributed by atoms with Gasteiger partial charge in [-0.05, 0) is 18.2 Å². The van der Waals surface area contributed by atoms with Crippen LogP contribution >= 0.6 is 10.9 Å². The van der Waals surface area contributed by atoms with Crippen molar-refractivity contribution in [3.8, 4) is 0 Å². The number of rotatable bonds is 2. The van der Waals surface area contributed by atoms with Gasteiger partial charge in [-0.15, -0.1) is 0 Å². The van der Waals surface area contributed by atoms with E-state index in [0.717, 1.165) is 0 Å². The molecule has 0 saturated carbocycles. The van der Waals surface area contributed by atoms with Gasteiger partial charge in [-0.1, -0.05) is 0 Å². The number of sulfonamides is 1. The molecule has 0 amide bonds. The molecule has 0 radical (unpaired) electrons. The van der Waals surface area contributed by atoms with Gasteiger partial charge in [0.05, 0.1) is 15.9 Å². The first-order valence-corrected chi connectivity index (χ1v) is 7.26. The Morgan fingerprint density at radius 1 is 1.24 bits per heavy atom. The van der Waals surface area contributed by atoms with Crippen LogP contribution < -0.4 is 5.14 Å². The molecule has 1 heterocycles. The van der Waals surface area contributed by atoms with E-state index in [1.54, 1.807) is 0 Å². The van der Waals surface area contributed by atoms with Gasteiger partial charge in [-0.2, -0.15) is 0 Å². The zero-order valence-electron chi connectivity index (χ0n) is 8.23. The minimum absolute atomic E-state index is 0.144. The normalized spacial score (nSPS) is 14.1. The molecule has 6 N–H and O–H groups in total. The van der Waals surface area contributed by atoms with Crippen LogP contribution in [0.4, 0.5) is 0 Å². The van der Waals surface area contributed by atoms with Gasteiger partial charge in [0.15, 0.2) is 0 Å². The van der Waals surface area contributed by atoms with E-state index in [1.165, 1.54) is 18.2 Å². The van der Waals surface area contributed by atoms with Crippen molar-refractivity contribution in [2.24, 2.45) is 5.14 Å². The van der Waals surface area contributed by atoms with E-state index < -0.39 is 26.1 Å². The molecule has 17 heavy (non-hydrogen) atoms. The summed E-state index contributed by atoms with van der Waals surface area (Å²) >= 11 is 0. The molecule has 0 bridgehead atoms. The lowest BCUT2D eigenvalue weighted by molar-refractivity contribution is 0.369. The maximum atomic E-state index is 11.1. The molecule has 0 fully saturated rings. The van der Waals surface area contributed by atoms with E-state index in [0.29, 0.717) is 0 Å². The van der Waals surface area contributed by atoms with Crippen LogP contribution in [0, 0.1) is 0 Å². The summed E-state index contributed by atoms with van der Waals surface area (Å²) in [6.07, 6.45) is 0. The number of nitrogens with zero attached hydrogens (tertiary/aromatic N) is 1. The van der Waals surface area contributed by atoms with E-state index in [4.69, 9.17) is 18.8 Å². The van der Waals surface area contributed by atoms with E-state index in [2.05, 4.69) is 9.97 Å². The Hall–Kier alpha value is -1.17. The molecule has 2 rings (SSSR count). The van der Waals surface area contributed by atoms with Crippen LogP contribution in [0.5, 0.6) is 0 Å². The highest BCUT2D eigenvalue weighted by atomic mass is 32.3. The summed E-state index contributed by atoms with van der Waals surface area (Å²) in [6, 6.07) is 3.75. The van der Waals surface area contributed by atoms with Crippen molar-refractivity contribution in [3.63, 3.8) is 0 Å². The zero-order valence-corrected chi connectivity index (χ0v) is 9.86. The van der Waals surface area contributed by atoms with Crippen molar-refractivity contribution >= 4 is 31.9 Å². The largest absolute Gasteiger partial charge is 0.329 e. The van der Waals surface area contributed by atoms with Gasteiger partial charge in [-0.3, -0.25) is 0 Å². The molecule has 0 aliphatic rings. The van der Waals surface area contributed by atoms with Gasteiger partial charge in [-0.25, -0.2) is 18.5 Å². The number of fused-ring (bicyclic) bond motifs is 1. The zero-order chi connectivity index (χ0) is 12.8. The summed E-state index contributed by atoms with van der Waals surface area (Å²) in [6.45, 7) is 0. The molecule has 0 unspecified atom stereocenters. The van der Waals surface area contributed by atoms with E-state index in [1.807, 2.05) is 0 Å². The molecule has 0 aliphatic heterocycles. The molecule has 1 aromatic heterocycles. The van der Waals surface area contributed by atoms with E-state index >= 15 is 0 Å². The first-order valence-electron chi connectivity index (χ1n) is 4.21. The van der Waals surface area contributed by atoms with Gasteiger partial charge < -0.3 is 18.6 Å². The third-order valence-corrected chi connectivity index (χ3v) is 3.64. The van der Waals surface area contributed by atoms with E-state index in [-0.39, 0.29) is 15.9 Å². The van der Waals surface area contributed by atoms with Crippen molar-refractivity contribution in [1.82, 2.24) is 9.97 Å². The van der Waals surface area contributed by atoms with Crippen LogP contribution in [0.2, 0.25) is 0 Å². The van der Waals surface area contributed by atoms with Crippen LogP contribution in [0.25, 0.3) is 11.0 Å². The van der Waals surface area contributed by atoms with Gasteiger partial charge in [0.1, 0.15) is 10.9 Å². The van der Waals surface area contributed by atoms with Crippen molar-refractivity contribution in [1.29, 1.82) is 0 Å². The highest BCUT2D eigenvalue weighted by molar-refractivity contribution is 8.19. The molecule has 0 saturated heterocycles. The molecule has 0 spiro atoms. The molecule has 94 valence electrons. The number of nitrogens with two attached hydrogens (primary N) is 1. The SMILES string of the molecule is NS(=O)(=O)c1ccc2nc(S(O)(O)O)[nH]c2c1. The summed E-state index contributed by atoms with van der Waals surface area (Å²) in [4.78, 5) is 5.96. The average Bonchev–Trinajstić information content (AvgIpc) is 2.57. The van der Waals surface area contributed by atoms with Crippen molar-refractivity contribution in [3.05, 3.63) is 18.2 Å². The first kappa shape index (κ1) is 12.3. The average molecular weight is 279 g/mol.